The van der Waals surface area contributed by atoms with Crippen molar-refractivity contribution in [3.63, 3.8) is 0 Å². The van der Waals surface area contributed by atoms with E-state index in [0.29, 0.717) is 17.7 Å². The molecule has 68 heavy (non-hydrogen) atoms. The number of carboxylic acid groups (broad SMARTS) is 1. The van der Waals surface area contributed by atoms with E-state index in [0.717, 1.165) is 0 Å². The number of carbonyl (C=O) groups excluding carboxylic acids is 5. The quantitative estimate of drug-likeness (QED) is 0.0660. The van der Waals surface area contributed by atoms with Gasteiger partial charge < -0.3 is 46.2 Å². The van der Waals surface area contributed by atoms with Crippen LogP contribution in [0.25, 0.3) is 0 Å². The molecular weight excluding hydrogens is 875 g/mol. The van der Waals surface area contributed by atoms with Crippen LogP contribution in [0.15, 0.2) is 109 Å². The van der Waals surface area contributed by atoms with Gasteiger partial charge >= 0.3 is 11.9 Å². The number of hydrogen-bond acceptors (Lipinski definition) is 14. The summed E-state index contributed by atoms with van der Waals surface area (Å²) in [6, 6.07) is 6.47. The molecule has 0 aromatic heterocycles. The van der Waals surface area contributed by atoms with E-state index in [1.807, 2.05) is 32.9 Å². The Labute approximate surface area is 400 Å². The molecule has 1 aromatic carbocycles. The average Bonchev–Trinajstić information content (AvgIpc) is 3.24. The molecule has 0 saturated carbocycles. The number of esters is 1. The third-order valence-corrected chi connectivity index (χ3v) is 11.6. The Bertz CT molecular complexity index is 1960. The molecule has 15 heteroatoms. The van der Waals surface area contributed by atoms with Crippen molar-refractivity contribution in [3.8, 4) is 0 Å². The molecular formula is C53H73NO14. The second kappa shape index (κ2) is 32.4. The number of nitrogen functional groups attached to an aromatic ring is 1. The number of allylic oxidation sites excluding steroid dienone is 12. The Morgan fingerprint density at radius 1 is 0.691 bits per heavy atom. The highest BCUT2D eigenvalue weighted by Gasteiger charge is 2.36. The molecule has 0 saturated heterocycles. The van der Waals surface area contributed by atoms with Crippen LogP contribution in [0.2, 0.25) is 0 Å². The molecule has 1 aliphatic rings. The highest BCUT2D eigenvalue weighted by Crippen LogP contribution is 2.28. The van der Waals surface area contributed by atoms with Crippen molar-refractivity contribution in [2.75, 3.05) is 5.73 Å². The zero-order valence-corrected chi connectivity index (χ0v) is 39.5. The third kappa shape index (κ3) is 24.6. The Kier molecular flexibility index (Phi) is 27.9. The minimum absolute atomic E-state index is 0.0361. The van der Waals surface area contributed by atoms with Crippen molar-refractivity contribution in [3.05, 3.63) is 115 Å². The van der Waals surface area contributed by atoms with E-state index in [1.165, 1.54) is 12.2 Å². The van der Waals surface area contributed by atoms with Gasteiger partial charge in [-0.15, -0.1) is 0 Å². The molecule has 1 aromatic rings. The number of Topliss-reactive ketones (excluding diaryl/α,β-unsaturated/α-hetero) is 4. The van der Waals surface area contributed by atoms with E-state index in [-0.39, 0.29) is 80.7 Å². The van der Waals surface area contributed by atoms with Gasteiger partial charge in [0.15, 0.2) is 5.78 Å². The lowest BCUT2D eigenvalue weighted by Gasteiger charge is -2.31. The van der Waals surface area contributed by atoms with Gasteiger partial charge in [0.25, 0.3) is 0 Å². The topological polar surface area (TPSA) is 279 Å². The van der Waals surface area contributed by atoms with Gasteiger partial charge in [0.1, 0.15) is 35.8 Å². The first-order valence-electron chi connectivity index (χ1n) is 23.4. The van der Waals surface area contributed by atoms with Gasteiger partial charge in [-0.25, -0.2) is 0 Å². The monoisotopic (exact) mass is 948 g/mol. The maximum atomic E-state index is 13.2. The number of cyclic esters (lactones) is 1. The number of hydrogen-bond donors (Lipinski definition) is 8. The number of aliphatic carboxylic acids is 1. The maximum Gasteiger partial charge on any atom is 0.313 e. The molecule has 15 nitrogen and oxygen atoms in total. The van der Waals surface area contributed by atoms with Crippen LogP contribution in [0.4, 0.5) is 5.69 Å². The van der Waals surface area contributed by atoms with Crippen LogP contribution >= 0.6 is 0 Å². The van der Waals surface area contributed by atoms with Gasteiger partial charge in [0, 0.05) is 62.1 Å². The summed E-state index contributed by atoms with van der Waals surface area (Å²) in [4.78, 5) is 76.0. The molecule has 0 amide bonds. The first-order chi connectivity index (χ1) is 32.3. The lowest BCUT2D eigenvalue weighted by Crippen LogP contribution is -2.41. The number of rotatable bonds is 8. The Morgan fingerprint density at radius 3 is 1.82 bits per heavy atom. The van der Waals surface area contributed by atoms with E-state index < -0.39 is 97.8 Å². The van der Waals surface area contributed by atoms with Crippen LogP contribution in [0.5, 0.6) is 0 Å². The predicted octanol–water partition coefficient (Wildman–Crippen LogP) is 5.82. The first-order valence-corrected chi connectivity index (χ1v) is 23.4. The van der Waals surface area contributed by atoms with Crippen LogP contribution in [0.1, 0.15) is 115 Å². The fourth-order valence-corrected chi connectivity index (χ4v) is 7.85. The summed E-state index contributed by atoms with van der Waals surface area (Å²) in [7, 11) is 0. The van der Waals surface area contributed by atoms with Crippen molar-refractivity contribution >= 4 is 40.8 Å². The van der Waals surface area contributed by atoms with Gasteiger partial charge in [-0.05, 0) is 68.2 Å². The SMILES string of the molecule is CC(CC(C)[C@H](O)CC(=O)c1ccc(N)cc1)C1OC(=O)CC(=O)CCCC(=O)CCC[C@@H](O)C[C@@H](O)CC(=O)CC(O)C(C(=O)O)C(O)C[C@H](O)/C=C/C=C/C=C/C=C/C=C/C=C/C=C/[C@@H]1C. The highest BCUT2D eigenvalue weighted by molar-refractivity contribution is 5.97. The van der Waals surface area contributed by atoms with E-state index in [1.54, 1.807) is 85.0 Å². The number of carboxylic acids is 1. The van der Waals surface area contributed by atoms with Gasteiger partial charge in [-0.1, -0.05) is 106 Å². The second-order valence-corrected chi connectivity index (χ2v) is 17.8. The molecule has 6 unspecified atom stereocenters. The molecule has 0 spiro atoms. The van der Waals surface area contributed by atoms with Crippen LogP contribution in [-0.2, 0) is 28.7 Å². The summed E-state index contributed by atoms with van der Waals surface area (Å²) in [6.07, 6.45) is 13.9. The Hall–Kier alpha value is -5.42. The summed E-state index contributed by atoms with van der Waals surface area (Å²) in [5, 5.41) is 72.9. The van der Waals surface area contributed by atoms with Crippen LogP contribution < -0.4 is 5.73 Å². The Balaban J connectivity index is 2.19. The van der Waals surface area contributed by atoms with Crippen LogP contribution in [0.3, 0.4) is 0 Å². The Morgan fingerprint density at radius 2 is 1.24 bits per heavy atom. The molecule has 1 aliphatic heterocycles. The molecule has 0 aliphatic carbocycles. The summed E-state index contributed by atoms with van der Waals surface area (Å²) in [6.45, 7) is 5.59. The van der Waals surface area contributed by atoms with Gasteiger partial charge in [-0.2, -0.15) is 0 Å². The van der Waals surface area contributed by atoms with Gasteiger partial charge in [-0.3, -0.25) is 28.8 Å². The zero-order chi connectivity index (χ0) is 50.6. The van der Waals surface area contributed by atoms with E-state index in [4.69, 9.17) is 10.5 Å². The number of nitrogens with two attached hydrogens (primary N) is 1. The third-order valence-electron chi connectivity index (χ3n) is 11.6. The number of carbonyl (C=O) groups is 6. The largest absolute Gasteiger partial charge is 0.481 e. The molecule has 2 rings (SSSR count). The van der Waals surface area contributed by atoms with E-state index in [2.05, 4.69) is 0 Å². The summed E-state index contributed by atoms with van der Waals surface area (Å²) in [5.74, 6) is -6.53. The molecule has 0 bridgehead atoms. The summed E-state index contributed by atoms with van der Waals surface area (Å²) >= 11 is 0. The lowest BCUT2D eigenvalue weighted by molar-refractivity contribution is -0.156. The highest BCUT2D eigenvalue weighted by atomic mass is 16.5. The van der Waals surface area contributed by atoms with Crippen molar-refractivity contribution in [1.29, 1.82) is 0 Å². The van der Waals surface area contributed by atoms with E-state index >= 15 is 0 Å². The number of benzene rings is 1. The predicted molar refractivity (Wildman–Crippen MR) is 259 cm³/mol. The number of aliphatic hydroxyl groups excluding tert-OH is 6. The summed E-state index contributed by atoms with van der Waals surface area (Å²) in [5.41, 5.74) is 6.70. The van der Waals surface area contributed by atoms with E-state index in [9.17, 15) is 64.5 Å². The number of aliphatic hydroxyl groups is 6. The van der Waals surface area contributed by atoms with Crippen molar-refractivity contribution in [2.45, 2.75) is 147 Å². The van der Waals surface area contributed by atoms with Crippen LogP contribution in [0, 0.1) is 23.7 Å². The zero-order valence-electron chi connectivity index (χ0n) is 39.5. The molecule has 1 heterocycles. The fourth-order valence-electron chi connectivity index (χ4n) is 7.85. The molecule has 11 atom stereocenters. The number of ether oxygens (including phenoxy) is 1. The fraction of sp³-hybridized carbons (Fsp3) is 0.509. The molecule has 374 valence electrons. The van der Waals surface area contributed by atoms with Crippen molar-refractivity contribution < 1.29 is 69.2 Å². The molecule has 9 N–H and O–H groups in total. The standard InChI is InChI=1S/C53H73NO14/c1-35-18-14-12-10-8-6-4-5-7-9-11-13-15-19-42(57)31-48(63)51(53(66)67)49(64)32-45(60)30-44(59)29-41(56)22-16-20-40(55)21-17-23-43(58)33-50(65)68-52(35)37(3)28-36(2)46(61)34-47(62)38-24-26-39(54)27-25-38/h4-15,18-19,24-27,35-37,41-42,44,46,48-49,51-52,56-57,59,61,63-64H,16-17,20-23,28-34,54H2,1-3H3,(H,66,67)/b5-4+,8-6+,9-7+,12-10+,13-11+,18-14+,19-15+/t35-,36?,37?,41+,42+,44+,46+,48?,49?,51?,52?/m0/s1. The average molecular weight is 948 g/mol. The summed E-state index contributed by atoms with van der Waals surface area (Å²) < 4.78 is 5.94. The molecule has 0 fully saturated rings. The number of anilines is 1. The van der Waals surface area contributed by atoms with Crippen LogP contribution in [-0.4, -0.2) is 114 Å². The lowest BCUT2D eigenvalue weighted by atomic mass is 9.83. The maximum absolute atomic E-state index is 13.2. The smallest absolute Gasteiger partial charge is 0.313 e. The molecule has 0 radical (unpaired) electrons. The normalized spacial score (nSPS) is 30.4. The minimum Gasteiger partial charge on any atom is -0.481 e. The van der Waals surface area contributed by atoms with Crippen molar-refractivity contribution in [2.24, 2.45) is 23.7 Å². The van der Waals surface area contributed by atoms with Gasteiger partial charge in [0.05, 0.1) is 36.6 Å². The second-order valence-electron chi connectivity index (χ2n) is 17.8. The first kappa shape index (κ1) is 58.7. The minimum atomic E-state index is -1.82. The van der Waals surface area contributed by atoms with Gasteiger partial charge in [0.2, 0.25) is 0 Å². The number of ketones is 4. The van der Waals surface area contributed by atoms with Crippen molar-refractivity contribution in [1.82, 2.24) is 0 Å².